The number of aryl methyl sites for hydroxylation is 1. The van der Waals surface area contributed by atoms with E-state index in [1.165, 1.54) is 36.2 Å². The van der Waals surface area contributed by atoms with Crippen molar-refractivity contribution >= 4 is 0 Å². The quantitative estimate of drug-likeness (QED) is 0.805. The molecule has 1 aromatic rings. The Bertz CT molecular complexity index is 580. The van der Waals surface area contributed by atoms with Crippen molar-refractivity contribution in [2.45, 2.75) is 78.4 Å². The summed E-state index contributed by atoms with van der Waals surface area (Å²) in [6, 6.07) is 2.88. The molecule has 2 bridgehead atoms. The van der Waals surface area contributed by atoms with E-state index in [4.69, 9.17) is 0 Å². The van der Waals surface area contributed by atoms with Crippen LogP contribution < -0.4 is 0 Å². The molecule has 2 fully saturated rings. The summed E-state index contributed by atoms with van der Waals surface area (Å²) in [6.07, 6.45) is 7.15. The minimum absolute atomic E-state index is 0.233. The van der Waals surface area contributed by atoms with Crippen LogP contribution in [0, 0.1) is 23.7 Å². The molecule has 3 aliphatic carbocycles. The van der Waals surface area contributed by atoms with Crippen molar-refractivity contribution in [1.82, 2.24) is 4.57 Å². The molecule has 1 N–H and O–H groups in total. The Hall–Kier alpha value is -0.760. The van der Waals surface area contributed by atoms with Gasteiger partial charge in [0.25, 0.3) is 0 Å². The van der Waals surface area contributed by atoms with E-state index in [1.807, 2.05) is 0 Å². The highest BCUT2D eigenvalue weighted by atomic mass is 16.3. The van der Waals surface area contributed by atoms with Crippen molar-refractivity contribution < 1.29 is 5.11 Å². The van der Waals surface area contributed by atoms with Gasteiger partial charge in [0, 0.05) is 23.0 Å². The molecule has 0 aliphatic heterocycles. The highest BCUT2D eigenvalue weighted by molar-refractivity contribution is 5.34. The maximum Gasteiger partial charge on any atom is 0.0807 e. The van der Waals surface area contributed by atoms with Gasteiger partial charge in [0.05, 0.1) is 6.10 Å². The molecule has 4 unspecified atom stereocenters. The Labute approximate surface area is 128 Å². The SMILES string of the molecule is Cc1cc2c(n1C1C3(C)CCC(C3)C1(C)C)CCCC2O. The maximum absolute atomic E-state index is 10.4. The van der Waals surface area contributed by atoms with Crippen molar-refractivity contribution in [3.63, 3.8) is 0 Å². The number of aromatic nitrogens is 1. The Morgan fingerprint density at radius 3 is 2.67 bits per heavy atom. The largest absolute Gasteiger partial charge is 0.388 e. The first-order valence-electron chi connectivity index (χ1n) is 8.73. The number of aliphatic hydroxyl groups is 1. The molecule has 1 aromatic heterocycles. The molecule has 2 heteroatoms. The summed E-state index contributed by atoms with van der Waals surface area (Å²) < 4.78 is 2.65. The molecule has 116 valence electrons. The lowest BCUT2D eigenvalue weighted by Gasteiger charge is -2.45. The Morgan fingerprint density at radius 1 is 1.24 bits per heavy atom. The molecule has 0 spiro atoms. The Kier molecular flexibility index (Phi) is 2.75. The first kappa shape index (κ1) is 13.9. The monoisotopic (exact) mass is 287 g/mol. The van der Waals surface area contributed by atoms with Gasteiger partial charge < -0.3 is 9.67 Å². The molecule has 0 aromatic carbocycles. The number of nitrogens with zero attached hydrogens (tertiary/aromatic N) is 1. The van der Waals surface area contributed by atoms with E-state index in [-0.39, 0.29) is 6.10 Å². The second-order valence-electron chi connectivity index (χ2n) is 8.78. The van der Waals surface area contributed by atoms with E-state index in [9.17, 15) is 5.11 Å². The summed E-state index contributed by atoms with van der Waals surface area (Å²) in [5.41, 5.74) is 4.87. The second-order valence-corrected chi connectivity index (χ2v) is 8.78. The maximum atomic E-state index is 10.4. The normalized spacial score (nSPS) is 40.5. The number of fused-ring (bicyclic) bond motifs is 3. The van der Waals surface area contributed by atoms with Crippen LogP contribution in [0.1, 0.15) is 82.0 Å². The summed E-state index contributed by atoms with van der Waals surface area (Å²) >= 11 is 0. The Balaban J connectivity index is 1.88. The van der Waals surface area contributed by atoms with Crippen LogP contribution in [0.15, 0.2) is 6.07 Å². The van der Waals surface area contributed by atoms with Gasteiger partial charge in [-0.2, -0.15) is 0 Å². The molecule has 2 nitrogen and oxygen atoms in total. The lowest BCUT2D eigenvalue weighted by molar-refractivity contribution is 0.0779. The molecule has 0 radical (unpaired) electrons. The fourth-order valence-electron chi connectivity index (χ4n) is 6.18. The summed E-state index contributed by atoms with van der Waals surface area (Å²) in [5.74, 6) is 0.874. The molecule has 0 saturated heterocycles. The number of rotatable bonds is 1. The van der Waals surface area contributed by atoms with Gasteiger partial charge in [-0.05, 0) is 68.3 Å². The van der Waals surface area contributed by atoms with Crippen LogP contribution in [0.25, 0.3) is 0 Å². The number of hydrogen-bond donors (Lipinski definition) is 1. The number of aliphatic hydroxyl groups excluding tert-OH is 1. The van der Waals surface area contributed by atoms with Crippen LogP contribution in [0.2, 0.25) is 0 Å². The summed E-state index contributed by atoms with van der Waals surface area (Å²) in [6.45, 7) is 9.73. The van der Waals surface area contributed by atoms with Crippen LogP contribution in [-0.2, 0) is 6.42 Å². The molecule has 21 heavy (non-hydrogen) atoms. The first-order valence-corrected chi connectivity index (χ1v) is 8.73. The van der Waals surface area contributed by atoms with Crippen LogP contribution >= 0.6 is 0 Å². The minimum atomic E-state index is -0.233. The van der Waals surface area contributed by atoms with Crippen molar-refractivity contribution in [3.05, 3.63) is 23.0 Å². The zero-order valence-electron chi connectivity index (χ0n) is 13.9. The topological polar surface area (TPSA) is 25.2 Å². The third kappa shape index (κ3) is 1.69. The van der Waals surface area contributed by atoms with Crippen molar-refractivity contribution in [3.8, 4) is 0 Å². The van der Waals surface area contributed by atoms with E-state index < -0.39 is 0 Å². The highest BCUT2D eigenvalue weighted by Crippen LogP contribution is 2.68. The molecule has 4 rings (SSSR count). The zero-order valence-corrected chi connectivity index (χ0v) is 13.9. The van der Waals surface area contributed by atoms with Crippen molar-refractivity contribution in [1.29, 1.82) is 0 Å². The fourth-order valence-corrected chi connectivity index (χ4v) is 6.18. The van der Waals surface area contributed by atoms with Gasteiger partial charge in [-0.15, -0.1) is 0 Å². The average Bonchev–Trinajstić information content (AvgIpc) is 2.99. The number of hydrogen-bond acceptors (Lipinski definition) is 1. The molecular formula is C19H29NO. The predicted octanol–water partition coefficient (Wildman–Crippen LogP) is 4.55. The van der Waals surface area contributed by atoms with Crippen LogP contribution in [0.4, 0.5) is 0 Å². The van der Waals surface area contributed by atoms with Gasteiger partial charge in [0.1, 0.15) is 0 Å². The van der Waals surface area contributed by atoms with E-state index in [0.29, 0.717) is 16.9 Å². The smallest absolute Gasteiger partial charge is 0.0807 e. The lowest BCUT2D eigenvalue weighted by Crippen LogP contribution is -2.38. The van der Waals surface area contributed by atoms with E-state index in [2.05, 4.69) is 38.3 Å². The predicted molar refractivity (Wildman–Crippen MR) is 85.3 cm³/mol. The molecule has 3 aliphatic rings. The van der Waals surface area contributed by atoms with Gasteiger partial charge in [0.15, 0.2) is 0 Å². The van der Waals surface area contributed by atoms with Gasteiger partial charge >= 0.3 is 0 Å². The first-order chi connectivity index (χ1) is 9.84. The summed E-state index contributed by atoms with van der Waals surface area (Å²) in [4.78, 5) is 0. The van der Waals surface area contributed by atoms with Crippen LogP contribution in [-0.4, -0.2) is 9.67 Å². The zero-order chi connectivity index (χ0) is 15.0. The molecule has 2 saturated carbocycles. The van der Waals surface area contributed by atoms with Gasteiger partial charge in [-0.1, -0.05) is 20.8 Å². The van der Waals surface area contributed by atoms with E-state index in [1.54, 1.807) is 0 Å². The van der Waals surface area contributed by atoms with Gasteiger partial charge in [-0.3, -0.25) is 0 Å². The molecule has 1 heterocycles. The molecule has 4 atom stereocenters. The van der Waals surface area contributed by atoms with Crippen molar-refractivity contribution in [2.75, 3.05) is 0 Å². The highest BCUT2D eigenvalue weighted by Gasteiger charge is 2.60. The van der Waals surface area contributed by atoms with Crippen LogP contribution in [0.3, 0.4) is 0 Å². The molecule has 0 amide bonds. The van der Waals surface area contributed by atoms with Gasteiger partial charge in [0.2, 0.25) is 0 Å². The standard InChI is InChI=1S/C19H29NO/c1-12-10-14-15(6-5-7-16(14)21)20(12)17-18(2,3)13-8-9-19(17,4)11-13/h10,13,16-17,21H,5-9,11H2,1-4H3. The fraction of sp³-hybridized carbons (Fsp3) is 0.789. The third-order valence-corrected chi connectivity index (χ3v) is 7.07. The van der Waals surface area contributed by atoms with Crippen LogP contribution in [0.5, 0.6) is 0 Å². The third-order valence-electron chi connectivity index (χ3n) is 7.07. The van der Waals surface area contributed by atoms with E-state index >= 15 is 0 Å². The summed E-state index contributed by atoms with van der Waals surface area (Å²) in [7, 11) is 0. The lowest BCUT2D eigenvalue weighted by atomic mass is 9.68. The molecular weight excluding hydrogens is 258 g/mol. The second kappa shape index (κ2) is 4.16. The Morgan fingerprint density at radius 2 is 2.00 bits per heavy atom. The van der Waals surface area contributed by atoms with Crippen molar-refractivity contribution in [2.24, 2.45) is 16.7 Å². The average molecular weight is 287 g/mol. The van der Waals surface area contributed by atoms with Gasteiger partial charge in [-0.25, -0.2) is 0 Å². The summed E-state index contributed by atoms with van der Waals surface area (Å²) in [5, 5.41) is 10.4. The minimum Gasteiger partial charge on any atom is -0.388 e. The van der Waals surface area contributed by atoms with E-state index in [0.717, 1.165) is 25.2 Å².